The van der Waals surface area contributed by atoms with Crippen molar-refractivity contribution >= 4 is 10.9 Å². The Morgan fingerprint density at radius 2 is 1.90 bits per heavy atom. The molecule has 0 N–H and O–H groups in total. The number of alkyl halides is 3. The van der Waals surface area contributed by atoms with Crippen LogP contribution < -0.4 is 10.3 Å². The summed E-state index contributed by atoms with van der Waals surface area (Å²) in [4.78, 5) is 13.7. The molecule has 0 unspecified atom stereocenters. The van der Waals surface area contributed by atoms with E-state index >= 15 is 0 Å². The van der Waals surface area contributed by atoms with E-state index < -0.39 is 12.7 Å². The number of halogens is 3. The number of aryl methyl sites for hydroxylation is 1. The maximum Gasteiger partial charge on any atom is 0.406 e. The number of nitrogens with zero attached hydrogens (tertiary/aromatic N) is 4. The quantitative estimate of drug-likeness (QED) is 0.635. The summed E-state index contributed by atoms with van der Waals surface area (Å²) in [7, 11) is 1.63. The number of hydrogen-bond acceptors (Lipinski definition) is 4. The van der Waals surface area contributed by atoms with E-state index in [9.17, 15) is 18.0 Å². The summed E-state index contributed by atoms with van der Waals surface area (Å²) in [6.45, 7) is 1.29. The standard InChI is InChI=1S/C21H23F3N4O2/c1-26-20(29)6-5-15(25-26)13-27-10-7-16(8-11-27)30-19-4-2-3-18-17(19)9-12-28(18)14-21(22,23)24/h2-6,9,12,16H,7-8,10-11,13-14H2,1H3. The smallest absolute Gasteiger partial charge is 0.406 e. The van der Waals surface area contributed by atoms with Crippen LogP contribution in [0.2, 0.25) is 0 Å². The normalized spacial score (nSPS) is 16.3. The van der Waals surface area contributed by atoms with E-state index in [2.05, 4.69) is 10.00 Å². The molecule has 3 heterocycles. The summed E-state index contributed by atoms with van der Waals surface area (Å²) in [5.41, 5.74) is 1.22. The van der Waals surface area contributed by atoms with Gasteiger partial charge >= 0.3 is 6.18 Å². The van der Waals surface area contributed by atoms with Crippen LogP contribution in [-0.2, 0) is 20.1 Å². The van der Waals surface area contributed by atoms with Crippen LogP contribution in [-0.4, -0.2) is 44.6 Å². The lowest BCUT2D eigenvalue weighted by atomic mass is 10.1. The highest BCUT2D eigenvalue weighted by molar-refractivity contribution is 5.86. The van der Waals surface area contributed by atoms with Crippen molar-refractivity contribution in [2.75, 3.05) is 13.1 Å². The maximum atomic E-state index is 12.8. The van der Waals surface area contributed by atoms with Gasteiger partial charge in [0.2, 0.25) is 0 Å². The average Bonchev–Trinajstić information content (AvgIpc) is 3.09. The monoisotopic (exact) mass is 420 g/mol. The van der Waals surface area contributed by atoms with Crippen LogP contribution in [0.25, 0.3) is 10.9 Å². The first-order chi connectivity index (χ1) is 14.3. The molecule has 0 aliphatic carbocycles. The number of piperidine rings is 1. The Morgan fingerprint density at radius 3 is 2.60 bits per heavy atom. The van der Waals surface area contributed by atoms with Gasteiger partial charge in [0.05, 0.1) is 11.2 Å². The molecule has 1 aliphatic heterocycles. The van der Waals surface area contributed by atoms with Gasteiger partial charge in [0.1, 0.15) is 18.4 Å². The van der Waals surface area contributed by atoms with Crippen LogP contribution in [0.15, 0.2) is 47.4 Å². The fourth-order valence-corrected chi connectivity index (χ4v) is 3.86. The molecule has 0 saturated carbocycles. The first-order valence-corrected chi connectivity index (χ1v) is 9.85. The second-order valence-corrected chi connectivity index (χ2v) is 7.63. The minimum atomic E-state index is -4.27. The van der Waals surface area contributed by atoms with Gasteiger partial charge in [-0.15, -0.1) is 0 Å². The molecule has 1 fully saturated rings. The van der Waals surface area contributed by atoms with Gasteiger partial charge in [-0.25, -0.2) is 4.68 Å². The Balaban J connectivity index is 1.38. The van der Waals surface area contributed by atoms with E-state index in [0.29, 0.717) is 23.2 Å². The number of aromatic nitrogens is 3. The molecule has 4 rings (SSSR count). The first-order valence-electron chi connectivity index (χ1n) is 9.85. The predicted molar refractivity (Wildman–Crippen MR) is 106 cm³/mol. The summed E-state index contributed by atoms with van der Waals surface area (Å²) in [6.07, 6.45) is -1.19. The largest absolute Gasteiger partial charge is 0.490 e. The Labute approximate surface area is 171 Å². The Bertz CT molecular complexity index is 1080. The Kier molecular flexibility index (Phi) is 5.55. The molecule has 1 saturated heterocycles. The summed E-state index contributed by atoms with van der Waals surface area (Å²) >= 11 is 0. The molecule has 0 atom stereocenters. The molecule has 0 amide bonds. The zero-order chi connectivity index (χ0) is 21.3. The second kappa shape index (κ2) is 8.14. The molecule has 30 heavy (non-hydrogen) atoms. The number of rotatable bonds is 5. The summed E-state index contributed by atoms with van der Waals surface area (Å²) in [5.74, 6) is 0.617. The number of benzene rings is 1. The van der Waals surface area contributed by atoms with Crippen molar-refractivity contribution in [3.63, 3.8) is 0 Å². The van der Waals surface area contributed by atoms with Crippen LogP contribution in [0.5, 0.6) is 5.75 Å². The van der Waals surface area contributed by atoms with E-state index in [0.717, 1.165) is 31.6 Å². The van der Waals surface area contributed by atoms with E-state index in [1.165, 1.54) is 21.5 Å². The van der Waals surface area contributed by atoms with Gasteiger partial charge in [-0.3, -0.25) is 9.69 Å². The van der Waals surface area contributed by atoms with Crippen molar-refractivity contribution in [3.05, 3.63) is 58.6 Å². The van der Waals surface area contributed by atoms with Gasteiger partial charge in [-0.1, -0.05) is 6.07 Å². The van der Waals surface area contributed by atoms with Crippen molar-refractivity contribution < 1.29 is 17.9 Å². The van der Waals surface area contributed by atoms with E-state index in [-0.39, 0.29) is 11.7 Å². The maximum absolute atomic E-state index is 12.8. The lowest BCUT2D eigenvalue weighted by Gasteiger charge is -2.32. The third-order valence-electron chi connectivity index (χ3n) is 5.35. The van der Waals surface area contributed by atoms with Gasteiger partial charge in [-0.05, 0) is 37.1 Å². The van der Waals surface area contributed by atoms with E-state index in [4.69, 9.17) is 4.74 Å². The molecule has 6 nitrogen and oxygen atoms in total. The van der Waals surface area contributed by atoms with Gasteiger partial charge in [0, 0.05) is 44.3 Å². The SMILES string of the molecule is Cn1nc(CN2CCC(Oc3cccc4c3ccn4CC(F)(F)F)CC2)ccc1=O. The molecular formula is C21H23F3N4O2. The topological polar surface area (TPSA) is 52.3 Å². The summed E-state index contributed by atoms with van der Waals surface area (Å²) < 4.78 is 47.0. The molecule has 160 valence electrons. The van der Waals surface area contributed by atoms with Crippen LogP contribution in [0, 0.1) is 0 Å². The van der Waals surface area contributed by atoms with Gasteiger partial charge in [0.15, 0.2) is 0 Å². The van der Waals surface area contributed by atoms with Crippen LogP contribution in [0.3, 0.4) is 0 Å². The van der Waals surface area contributed by atoms with Gasteiger partial charge < -0.3 is 9.30 Å². The van der Waals surface area contributed by atoms with Gasteiger partial charge in [-0.2, -0.15) is 18.3 Å². The lowest BCUT2D eigenvalue weighted by Crippen LogP contribution is -2.38. The molecule has 0 bridgehead atoms. The first kappa shape index (κ1) is 20.5. The predicted octanol–water partition coefficient (Wildman–Crippen LogP) is 3.34. The van der Waals surface area contributed by atoms with Crippen LogP contribution in [0.4, 0.5) is 13.2 Å². The molecule has 3 aromatic rings. The van der Waals surface area contributed by atoms with Crippen molar-refractivity contribution in [1.82, 2.24) is 19.2 Å². The minimum Gasteiger partial charge on any atom is -0.490 e. The van der Waals surface area contributed by atoms with Crippen LogP contribution >= 0.6 is 0 Å². The highest BCUT2D eigenvalue weighted by Gasteiger charge is 2.28. The lowest BCUT2D eigenvalue weighted by molar-refractivity contribution is -0.139. The fourth-order valence-electron chi connectivity index (χ4n) is 3.86. The fraction of sp³-hybridized carbons (Fsp3) is 0.429. The number of hydrogen-bond donors (Lipinski definition) is 0. The molecule has 1 aliphatic rings. The molecular weight excluding hydrogens is 397 g/mol. The van der Waals surface area contributed by atoms with Crippen molar-refractivity contribution in [2.45, 2.75) is 38.2 Å². The zero-order valence-corrected chi connectivity index (χ0v) is 16.6. The Morgan fingerprint density at radius 1 is 1.13 bits per heavy atom. The Hall–Kier alpha value is -2.81. The van der Waals surface area contributed by atoms with Gasteiger partial charge in [0.25, 0.3) is 5.56 Å². The molecule has 1 aromatic carbocycles. The summed E-state index contributed by atoms with van der Waals surface area (Å²) in [6, 6.07) is 10.2. The van der Waals surface area contributed by atoms with Crippen molar-refractivity contribution in [3.8, 4) is 5.75 Å². The highest BCUT2D eigenvalue weighted by atomic mass is 19.4. The molecule has 0 radical (unpaired) electrons. The van der Waals surface area contributed by atoms with Crippen LogP contribution in [0.1, 0.15) is 18.5 Å². The third-order valence-corrected chi connectivity index (χ3v) is 5.35. The number of fused-ring (bicyclic) bond motifs is 1. The second-order valence-electron chi connectivity index (χ2n) is 7.63. The molecule has 0 spiro atoms. The van der Waals surface area contributed by atoms with E-state index in [1.807, 2.05) is 0 Å². The van der Waals surface area contributed by atoms with Crippen molar-refractivity contribution in [2.24, 2.45) is 7.05 Å². The molecule has 2 aromatic heterocycles. The summed E-state index contributed by atoms with van der Waals surface area (Å²) in [5, 5.41) is 4.96. The average molecular weight is 420 g/mol. The molecule has 9 heteroatoms. The zero-order valence-electron chi connectivity index (χ0n) is 16.6. The number of likely N-dealkylation sites (tertiary alicyclic amines) is 1. The van der Waals surface area contributed by atoms with Crippen molar-refractivity contribution in [1.29, 1.82) is 0 Å². The number of ether oxygens (including phenoxy) is 1. The highest BCUT2D eigenvalue weighted by Crippen LogP contribution is 2.31. The van der Waals surface area contributed by atoms with E-state index in [1.54, 1.807) is 37.4 Å². The third kappa shape index (κ3) is 4.67. The minimum absolute atomic E-state index is 0.00547.